The Kier molecular flexibility index (Phi) is 4.99. The van der Waals surface area contributed by atoms with E-state index in [4.69, 9.17) is 4.74 Å². The highest BCUT2D eigenvalue weighted by Gasteiger charge is 2.19. The summed E-state index contributed by atoms with van der Waals surface area (Å²) in [5, 5.41) is 6.16. The fourth-order valence-corrected chi connectivity index (χ4v) is 4.09. The van der Waals surface area contributed by atoms with Gasteiger partial charge in [-0.15, -0.1) is 0 Å². The number of amides is 2. The average molecular weight is 347 g/mol. The molecule has 7 heteroatoms. The summed E-state index contributed by atoms with van der Waals surface area (Å²) >= 11 is 1.35. The Balaban J connectivity index is 1.79. The van der Waals surface area contributed by atoms with Crippen LogP contribution in [0, 0.1) is 5.92 Å². The lowest BCUT2D eigenvalue weighted by molar-refractivity contribution is -0.117. The Labute approximate surface area is 144 Å². The average Bonchev–Trinajstić information content (AvgIpc) is 3.14. The van der Waals surface area contributed by atoms with Crippen LogP contribution in [0.5, 0.6) is 5.75 Å². The van der Waals surface area contributed by atoms with E-state index in [-0.39, 0.29) is 11.8 Å². The predicted octanol–water partition coefficient (Wildman–Crippen LogP) is 3.78. The lowest BCUT2D eigenvalue weighted by atomic mass is 10.0. The maximum absolute atomic E-state index is 12.2. The van der Waals surface area contributed by atoms with Gasteiger partial charge in [-0.05, 0) is 24.8 Å². The maximum Gasteiger partial charge on any atom is 0.224 e. The van der Waals surface area contributed by atoms with Crippen LogP contribution in [0.3, 0.4) is 0 Å². The Morgan fingerprint density at radius 2 is 2.04 bits per heavy atom. The first-order valence-electron chi connectivity index (χ1n) is 8.11. The maximum atomic E-state index is 12.2. The molecule has 1 heterocycles. The first kappa shape index (κ1) is 16.7. The summed E-state index contributed by atoms with van der Waals surface area (Å²) in [6.45, 7) is 1.44. The lowest BCUT2D eigenvalue weighted by Crippen LogP contribution is -2.15. The van der Waals surface area contributed by atoms with Gasteiger partial charge in [-0.1, -0.05) is 24.2 Å². The van der Waals surface area contributed by atoms with E-state index in [0.717, 1.165) is 17.5 Å². The van der Waals surface area contributed by atoms with E-state index in [0.29, 0.717) is 34.4 Å². The molecular formula is C17H21N3O3S. The molecule has 2 aromatic rings. The molecule has 1 aromatic heterocycles. The van der Waals surface area contributed by atoms with Crippen LogP contribution in [0.15, 0.2) is 12.1 Å². The molecule has 6 nitrogen and oxygen atoms in total. The molecule has 1 aromatic carbocycles. The van der Waals surface area contributed by atoms with Crippen LogP contribution in [0.25, 0.3) is 10.2 Å². The second-order valence-electron chi connectivity index (χ2n) is 6.13. The van der Waals surface area contributed by atoms with E-state index in [9.17, 15) is 9.59 Å². The Hall–Kier alpha value is -2.15. The minimum Gasteiger partial charge on any atom is -0.494 e. The first-order valence-corrected chi connectivity index (χ1v) is 8.93. The van der Waals surface area contributed by atoms with Crippen LogP contribution in [0.4, 0.5) is 10.8 Å². The Bertz CT molecular complexity index is 766. The van der Waals surface area contributed by atoms with E-state index in [2.05, 4.69) is 15.6 Å². The summed E-state index contributed by atoms with van der Waals surface area (Å²) in [6.07, 6.45) is 5.31. The fraction of sp³-hybridized carbons (Fsp3) is 0.471. The van der Waals surface area contributed by atoms with Crippen molar-refractivity contribution in [2.24, 2.45) is 5.92 Å². The van der Waals surface area contributed by atoms with Crippen molar-refractivity contribution < 1.29 is 14.3 Å². The number of carbonyl (C=O) groups excluding carboxylic acids is 2. The van der Waals surface area contributed by atoms with Gasteiger partial charge in [0, 0.05) is 25.1 Å². The number of ether oxygens (including phenoxy) is 1. The van der Waals surface area contributed by atoms with Crippen molar-refractivity contribution in [1.82, 2.24) is 4.98 Å². The number of nitrogens with one attached hydrogen (secondary N) is 2. The molecule has 0 unspecified atom stereocenters. The largest absolute Gasteiger partial charge is 0.494 e. The number of rotatable bonds is 5. The molecule has 0 radical (unpaired) electrons. The number of fused-ring (bicyclic) bond motifs is 1. The van der Waals surface area contributed by atoms with Gasteiger partial charge in [-0.2, -0.15) is 0 Å². The van der Waals surface area contributed by atoms with Crippen molar-refractivity contribution in [2.75, 3.05) is 17.7 Å². The highest BCUT2D eigenvalue weighted by Crippen LogP contribution is 2.36. The lowest BCUT2D eigenvalue weighted by Gasteiger charge is -2.10. The quantitative estimate of drug-likeness (QED) is 0.862. The van der Waals surface area contributed by atoms with Gasteiger partial charge in [0.05, 0.1) is 11.8 Å². The Morgan fingerprint density at radius 3 is 2.71 bits per heavy atom. The molecule has 128 valence electrons. The molecule has 0 spiro atoms. The van der Waals surface area contributed by atoms with E-state index in [1.165, 1.54) is 31.1 Å². The van der Waals surface area contributed by atoms with Gasteiger partial charge in [-0.25, -0.2) is 4.98 Å². The van der Waals surface area contributed by atoms with Gasteiger partial charge in [0.25, 0.3) is 0 Å². The summed E-state index contributed by atoms with van der Waals surface area (Å²) in [4.78, 5) is 27.8. The van der Waals surface area contributed by atoms with Crippen LogP contribution < -0.4 is 15.4 Å². The molecule has 24 heavy (non-hydrogen) atoms. The van der Waals surface area contributed by atoms with Crippen molar-refractivity contribution in [2.45, 2.75) is 39.0 Å². The number of aromatic nitrogens is 1. The highest BCUT2D eigenvalue weighted by molar-refractivity contribution is 7.22. The van der Waals surface area contributed by atoms with E-state index < -0.39 is 0 Å². The van der Waals surface area contributed by atoms with Gasteiger partial charge in [0.2, 0.25) is 11.8 Å². The number of thiazole rings is 1. The highest BCUT2D eigenvalue weighted by atomic mass is 32.1. The molecule has 1 aliphatic carbocycles. The van der Waals surface area contributed by atoms with Crippen molar-refractivity contribution in [1.29, 1.82) is 0 Å². The van der Waals surface area contributed by atoms with Crippen LogP contribution in [-0.4, -0.2) is 23.9 Å². The number of carbonyl (C=O) groups is 2. The zero-order valence-corrected chi connectivity index (χ0v) is 14.7. The van der Waals surface area contributed by atoms with Crippen LogP contribution >= 0.6 is 11.3 Å². The summed E-state index contributed by atoms with van der Waals surface area (Å²) < 4.78 is 6.24. The van der Waals surface area contributed by atoms with Gasteiger partial charge in [0.1, 0.15) is 11.3 Å². The van der Waals surface area contributed by atoms with Crippen LogP contribution in [-0.2, 0) is 9.59 Å². The normalized spacial score (nSPS) is 14.8. The van der Waals surface area contributed by atoms with E-state index in [1.54, 1.807) is 13.2 Å². The standard InChI is InChI=1S/C17H21N3O3S/c1-10(21)18-17-20-16-13(23-2)8-12(9-14(16)24-17)19-15(22)7-11-5-3-4-6-11/h8-9,11H,3-7H2,1-2H3,(H,19,22)(H,18,20,21). The predicted molar refractivity (Wildman–Crippen MR) is 95.7 cm³/mol. The summed E-state index contributed by atoms with van der Waals surface area (Å²) in [5.41, 5.74) is 1.38. The third-order valence-electron chi connectivity index (χ3n) is 4.20. The molecule has 2 N–H and O–H groups in total. The molecule has 1 aliphatic rings. The molecule has 1 fully saturated rings. The van der Waals surface area contributed by atoms with Gasteiger partial charge >= 0.3 is 0 Å². The monoisotopic (exact) mass is 347 g/mol. The second kappa shape index (κ2) is 7.17. The number of benzene rings is 1. The van der Waals surface area contributed by atoms with Gasteiger partial charge < -0.3 is 15.4 Å². The number of methoxy groups -OCH3 is 1. The van der Waals surface area contributed by atoms with Crippen LogP contribution in [0.1, 0.15) is 39.0 Å². The number of nitrogens with zero attached hydrogens (tertiary/aromatic N) is 1. The molecule has 3 rings (SSSR count). The number of hydrogen-bond donors (Lipinski definition) is 2. The summed E-state index contributed by atoms with van der Waals surface area (Å²) in [5.74, 6) is 0.954. The minimum absolute atomic E-state index is 0.0369. The van der Waals surface area contributed by atoms with Crippen molar-refractivity contribution >= 4 is 44.2 Å². The zero-order valence-electron chi connectivity index (χ0n) is 13.8. The molecule has 2 amide bonds. The van der Waals surface area contributed by atoms with E-state index in [1.807, 2.05) is 6.07 Å². The molecule has 0 aliphatic heterocycles. The third-order valence-corrected chi connectivity index (χ3v) is 5.11. The topological polar surface area (TPSA) is 80.3 Å². The molecule has 0 bridgehead atoms. The van der Waals surface area contributed by atoms with E-state index >= 15 is 0 Å². The number of anilines is 2. The second-order valence-corrected chi connectivity index (χ2v) is 7.16. The van der Waals surface area contributed by atoms with Gasteiger partial charge in [-0.3, -0.25) is 9.59 Å². The third kappa shape index (κ3) is 3.84. The summed E-state index contributed by atoms with van der Waals surface area (Å²) in [7, 11) is 1.57. The molecule has 0 saturated heterocycles. The molecular weight excluding hydrogens is 326 g/mol. The smallest absolute Gasteiger partial charge is 0.224 e. The van der Waals surface area contributed by atoms with Crippen molar-refractivity contribution in [3.63, 3.8) is 0 Å². The Morgan fingerprint density at radius 1 is 1.29 bits per heavy atom. The van der Waals surface area contributed by atoms with Crippen LogP contribution in [0.2, 0.25) is 0 Å². The van der Waals surface area contributed by atoms with Gasteiger partial charge in [0.15, 0.2) is 5.13 Å². The first-order chi connectivity index (χ1) is 11.5. The zero-order chi connectivity index (χ0) is 17.1. The van der Waals surface area contributed by atoms with Crippen molar-refractivity contribution in [3.8, 4) is 5.75 Å². The molecule has 0 atom stereocenters. The fourth-order valence-electron chi connectivity index (χ4n) is 3.12. The minimum atomic E-state index is -0.168. The van der Waals surface area contributed by atoms with Crippen molar-refractivity contribution in [3.05, 3.63) is 12.1 Å². The SMILES string of the molecule is COc1cc(NC(=O)CC2CCCC2)cc2sc(NC(C)=O)nc12. The number of hydrogen-bond acceptors (Lipinski definition) is 5. The molecule has 1 saturated carbocycles. The summed E-state index contributed by atoms with van der Waals surface area (Å²) in [6, 6.07) is 3.64.